The van der Waals surface area contributed by atoms with Crippen LogP contribution >= 0.6 is 0 Å². The molecule has 12 atom stereocenters. The fraction of sp³-hybridized carbons (Fsp3) is 0.824. The van der Waals surface area contributed by atoms with Crippen LogP contribution < -0.4 is 16.0 Å². The molecule has 596 valence electrons. The quantitative estimate of drug-likeness (QED) is 0.111. The van der Waals surface area contributed by atoms with Crippen molar-refractivity contribution >= 4 is 65.0 Å². The first-order valence-corrected chi connectivity index (χ1v) is 37.8. The fourth-order valence-electron chi connectivity index (χ4n) is 17.1. The molecule has 2 saturated heterocycles. The first-order chi connectivity index (χ1) is 49.0. The third-order valence-electron chi connectivity index (χ3n) is 23.5. The summed E-state index contributed by atoms with van der Waals surface area (Å²) in [7, 11) is 8.34. The average molecular weight is 1500 g/mol. The minimum absolute atomic E-state index is 0.00521. The lowest BCUT2D eigenvalue weighted by Crippen LogP contribution is -2.71. The molecule has 0 aromatic rings. The van der Waals surface area contributed by atoms with Crippen LogP contribution in [0.25, 0.3) is 0 Å². The Kier molecular flexibility index (Phi) is 30.7. The molecule has 1 spiro atoms. The third kappa shape index (κ3) is 21.2. The first kappa shape index (κ1) is 87.2. The molecule has 0 radical (unpaired) electrons. The van der Waals surface area contributed by atoms with Gasteiger partial charge in [-0.15, -0.1) is 0 Å². The molecule has 3 heterocycles. The SMILES string of the molecule is CCO[C@@H]1C[C@H]2C(=O)NC3(CC(C)(C)C3)C(=O)N(C)[C@@H](C(CC)CC)C(=O)N(C)[C@@H](CC)CC(=O)N(C)[C@@H](CC)C(=O)N[C@@H]([C@@H](C)CC)C(=O)N(C)CC(=O)N(C)[C@H]3C/C=C\CCN(C3=O)[C@@H](CC3CCC(C(F)(F)F)CC3)C(=O)N(C)CC(=O)N[C@@H](CCC3CC(F)C(C(F)(F)F)C(F)C3)C(=O)N2C1. The van der Waals surface area contributed by atoms with E-state index in [9.17, 15) is 50.3 Å². The van der Waals surface area contributed by atoms with Crippen molar-refractivity contribution in [3.05, 3.63) is 12.2 Å². The molecule has 11 amide bonds. The zero-order chi connectivity index (χ0) is 78.7. The molecule has 105 heavy (non-hydrogen) atoms. The molecule has 0 aromatic heterocycles. The Morgan fingerprint density at radius 1 is 0.600 bits per heavy atom. The Morgan fingerprint density at radius 2 is 1.21 bits per heavy atom. The summed E-state index contributed by atoms with van der Waals surface area (Å²) in [5.41, 5.74) is -2.25. The number of fused-ring (bicyclic) bond motifs is 3. The van der Waals surface area contributed by atoms with Crippen molar-refractivity contribution in [2.45, 2.75) is 275 Å². The third-order valence-corrected chi connectivity index (χ3v) is 23.5. The summed E-state index contributed by atoms with van der Waals surface area (Å²) in [5, 5.41) is 8.48. The molecular weight excluding hydrogens is 1390 g/mol. The van der Waals surface area contributed by atoms with Crippen LogP contribution in [0.3, 0.4) is 0 Å². The minimum atomic E-state index is -5.21. The number of rotatable bonds is 14. The van der Waals surface area contributed by atoms with Crippen molar-refractivity contribution in [3.63, 3.8) is 0 Å². The Labute approximate surface area is 614 Å². The van der Waals surface area contributed by atoms with Crippen LogP contribution in [0.5, 0.6) is 0 Å². The van der Waals surface area contributed by atoms with Gasteiger partial charge in [0.15, 0.2) is 0 Å². The lowest BCUT2D eigenvalue weighted by Gasteiger charge is -2.54. The summed E-state index contributed by atoms with van der Waals surface area (Å²) in [5.74, 6) is -15.3. The van der Waals surface area contributed by atoms with E-state index in [1.54, 1.807) is 46.8 Å². The number of nitrogens with one attached hydrogen (secondary N) is 3. The van der Waals surface area contributed by atoms with Crippen LogP contribution in [-0.2, 0) is 57.5 Å². The number of halogens is 8. The van der Waals surface area contributed by atoms with Gasteiger partial charge in [0.1, 0.15) is 66.1 Å². The molecule has 3 N–H and O–H groups in total. The zero-order valence-corrected chi connectivity index (χ0v) is 64.1. The van der Waals surface area contributed by atoms with E-state index in [1.807, 2.05) is 27.7 Å². The molecule has 6 aliphatic rings. The number of carbonyl (C=O) groups is 11. The summed E-state index contributed by atoms with van der Waals surface area (Å²) in [6, 6.07) is -10.3. The predicted octanol–water partition coefficient (Wildman–Crippen LogP) is 7.92. The normalized spacial score (nSPS) is 32.2. The summed E-state index contributed by atoms with van der Waals surface area (Å²) < 4.78 is 121. The highest BCUT2D eigenvalue weighted by atomic mass is 19.4. The average Bonchev–Trinajstić information content (AvgIpc) is 1.35. The van der Waals surface area contributed by atoms with Crippen molar-refractivity contribution in [3.8, 4) is 0 Å². The standard InChI is InChI=1S/C74H117F8N11O12/c1-16-43(7)61-68(102)87(11)40-59(96)90(14)54-25-23-22-24-32-92(67(54)101)56(35-44-26-29-47(30-27-44)73(77,78)79)66(100)86(10)39-57(94)83-52(31-28-45-33-50(75)60(51(76)34-45)74(80,81)82)65(99)93-38-49(105-21-6)37-55(93)64(98)85-72(41-71(8,9)42-72)70(104)91(15)62(46(17-2)18-3)69(103)88(12)48(19-4)36-58(95)89(13)53(20-5)63(97)84-61/h22-23,43-56,60-62H,16-21,24-42H2,1-15H3,(H,83,94)(H,84,97)(H,85,98)/b23-22-/t43-,44?,45?,47?,48-,49+,50?,51?,52-,53-,54-,55-,56-,60?,61-,62-/m0/s1. The second kappa shape index (κ2) is 36.9. The van der Waals surface area contributed by atoms with Crippen LogP contribution in [-0.4, -0.2) is 264 Å². The second-order valence-corrected chi connectivity index (χ2v) is 31.4. The number of hydrogen-bond acceptors (Lipinski definition) is 12. The molecule has 31 heteroatoms. The smallest absolute Gasteiger partial charge is 0.377 e. The van der Waals surface area contributed by atoms with E-state index >= 15 is 37.5 Å². The number of alkyl halides is 8. The molecule has 23 nitrogen and oxygen atoms in total. The summed E-state index contributed by atoms with van der Waals surface area (Å²) in [4.78, 5) is 175. The predicted molar refractivity (Wildman–Crippen MR) is 375 cm³/mol. The maximum absolute atomic E-state index is 15.6. The van der Waals surface area contributed by atoms with Crippen molar-refractivity contribution in [1.82, 2.24) is 55.1 Å². The van der Waals surface area contributed by atoms with Crippen LogP contribution in [0.2, 0.25) is 0 Å². The van der Waals surface area contributed by atoms with Gasteiger partial charge >= 0.3 is 12.4 Å². The second-order valence-electron chi connectivity index (χ2n) is 31.4. The number of carbonyl (C=O) groups excluding carboxylic acids is 11. The number of nitrogens with zero attached hydrogens (tertiary/aromatic N) is 8. The van der Waals surface area contributed by atoms with Gasteiger partial charge in [-0.3, -0.25) is 52.7 Å². The van der Waals surface area contributed by atoms with Gasteiger partial charge < -0.3 is 59.9 Å². The highest BCUT2D eigenvalue weighted by molar-refractivity contribution is 6.00. The van der Waals surface area contributed by atoms with Gasteiger partial charge in [0.2, 0.25) is 65.0 Å². The van der Waals surface area contributed by atoms with E-state index in [2.05, 4.69) is 16.0 Å². The Morgan fingerprint density at radius 3 is 1.75 bits per heavy atom. The number of likely N-dealkylation sites (N-methyl/N-ethyl adjacent to an activating group) is 6. The molecular formula is C74H117F8N11O12. The zero-order valence-electron chi connectivity index (χ0n) is 64.1. The Hall–Kier alpha value is -6.69. The number of ether oxygens (including phenoxy) is 1. The van der Waals surface area contributed by atoms with Gasteiger partial charge in [0.25, 0.3) is 0 Å². The van der Waals surface area contributed by atoms with Crippen molar-refractivity contribution < 1.29 is 92.6 Å². The molecule has 6 rings (SSSR count). The van der Waals surface area contributed by atoms with E-state index < -0.39 is 223 Å². The van der Waals surface area contributed by atoms with Crippen LogP contribution in [0.15, 0.2) is 12.2 Å². The largest absolute Gasteiger partial charge is 0.397 e. The summed E-state index contributed by atoms with van der Waals surface area (Å²) in [6.07, 6.45) is -14.2. The Balaban J connectivity index is 1.47. The lowest BCUT2D eigenvalue weighted by atomic mass is 9.58. The Bertz CT molecular complexity index is 3070. The lowest BCUT2D eigenvalue weighted by molar-refractivity contribution is -0.219. The molecule has 0 aromatic carbocycles. The van der Waals surface area contributed by atoms with E-state index in [-0.39, 0.29) is 110 Å². The van der Waals surface area contributed by atoms with E-state index in [0.717, 1.165) is 19.6 Å². The van der Waals surface area contributed by atoms with Gasteiger partial charge in [0.05, 0.1) is 25.1 Å². The summed E-state index contributed by atoms with van der Waals surface area (Å²) >= 11 is 0. The van der Waals surface area contributed by atoms with Crippen molar-refractivity contribution in [2.75, 3.05) is 75.1 Å². The molecule has 2 unspecified atom stereocenters. The van der Waals surface area contributed by atoms with E-state index in [0.29, 0.717) is 19.3 Å². The topological polar surface area (TPSA) is 259 Å². The monoisotopic (exact) mass is 1500 g/mol. The maximum atomic E-state index is 15.6. The highest BCUT2D eigenvalue weighted by Crippen LogP contribution is 2.50. The first-order valence-electron chi connectivity index (χ1n) is 37.8. The summed E-state index contributed by atoms with van der Waals surface area (Å²) in [6.45, 7) is 14.4. The molecule has 3 aliphatic heterocycles. The van der Waals surface area contributed by atoms with Gasteiger partial charge in [-0.25, -0.2) is 8.78 Å². The van der Waals surface area contributed by atoms with Gasteiger partial charge in [-0.2, -0.15) is 26.3 Å². The van der Waals surface area contributed by atoms with Crippen molar-refractivity contribution in [2.24, 2.45) is 40.9 Å². The van der Waals surface area contributed by atoms with Crippen LogP contribution in [0.1, 0.15) is 191 Å². The van der Waals surface area contributed by atoms with Gasteiger partial charge in [-0.1, -0.05) is 86.8 Å². The maximum Gasteiger partial charge on any atom is 0.397 e. The van der Waals surface area contributed by atoms with Gasteiger partial charge in [0, 0.05) is 80.9 Å². The molecule has 2 bridgehead atoms. The molecule has 3 saturated carbocycles. The number of hydrogen-bond donors (Lipinski definition) is 3. The van der Waals surface area contributed by atoms with Gasteiger partial charge in [-0.05, 0) is 132 Å². The van der Waals surface area contributed by atoms with E-state index in [1.165, 1.54) is 61.9 Å². The minimum Gasteiger partial charge on any atom is -0.377 e. The van der Waals surface area contributed by atoms with E-state index in [4.69, 9.17) is 4.74 Å². The van der Waals surface area contributed by atoms with Crippen LogP contribution in [0.4, 0.5) is 35.1 Å². The van der Waals surface area contributed by atoms with Crippen molar-refractivity contribution in [1.29, 1.82) is 0 Å². The highest BCUT2D eigenvalue weighted by Gasteiger charge is 2.60. The van der Waals surface area contributed by atoms with Crippen LogP contribution in [0, 0.1) is 40.9 Å². The molecule has 5 fully saturated rings. The molecule has 3 aliphatic carbocycles. The fourth-order valence-corrected chi connectivity index (χ4v) is 17.1. The number of amides is 11.